The molecule has 188 valence electrons. The second-order valence-corrected chi connectivity index (χ2v) is 9.21. The average molecular weight is 490 g/mol. The Kier molecular flexibility index (Phi) is 8.00. The molecular weight excluding hydrogens is 458 g/mol. The summed E-state index contributed by atoms with van der Waals surface area (Å²) in [7, 11) is 0. The van der Waals surface area contributed by atoms with Crippen LogP contribution in [0, 0.1) is 12.8 Å². The van der Waals surface area contributed by atoms with Crippen molar-refractivity contribution >= 4 is 17.8 Å². The quantitative estimate of drug-likeness (QED) is 0.245. The van der Waals surface area contributed by atoms with Gasteiger partial charge in [-0.2, -0.15) is 0 Å². The predicted molar refractivity (Wildman–Crippen MR) is 135 cm³/mol. The van der Waals surface area contributed by atoms with Gasteiger partial charge in [-0.15, -0.1) is 0 Å². The van der Waals surface area contributed by atoms with Crippen LogP contribution in [0.2, 0.25) is 0 Å². The summed E-state index contributed by atoms with van der Waals surface area (Å²) in [4.78, 5) is 40.2. The van der Waals surface area contributed by atoms with E-state index < -0.39 is 29.7 Å². The molecule has 1 saturated heterocycles. The first-order valence-corrected chi connectivity index (χ1v) is 12.3. The van der Waals surface area contributed by atoms with E-state index in [-0.39, 0.29) is 19.0 Å². The number of carbonyl (C=O) groups is 3. The molecular formula is C29H31NO6. The lowest BCUT2D eigenvalue weighted by atomic mass is 9.98. The monoisotopic (exact) mass is 489 g/mol. The number of amides is 2. The first kappa shape index (κ1) is 25.4. The average Bonchev–Trinajstić information content (AvgIpc) is 3.47. The van der Waals surface area contributed by atoms with Gasteiger partial charge in [0.15, 0.2) is 5.76 Å². The van der Waals surface area contributed by atoms with Crippen molar-refractivity contribution in [1.82, 2.24) is 4.90 Å². The smallest absolute Gasteiger partial charge is 0.417 e. The highest BCUT2D eigenvalue weighted by molar-refractivity contribution is 6.12. The molecule has 36 heavy (non-hydrogen) atoms. The molecule has 2 heterocycles. The Morgan fingerprint density at radius 1 is 1.08 bits per heavy atom. The molecule has 0 aliphatic carbocycles. The predicted octanol–water partition coefficient (Wildman–Crippen LogP) is 4.98. The van der Waals surface area contributed by atoms with E-state index in [1.807, 2.05) is 61.5 Å². The van der Waals surface area contributed by atoms with Crippen LogP contribution < -0.4 is 0 Å². The number of carbonyl (C=O) groups excluding carboxylic acids is 3. The molecule has 0 bridgehead atoms. The van der Waals surface area contributed by atoms with Crippen LogP contribution >= 0.6 is 0 Å². The van der Waals surface area contributed by atoms with Crippen molar-refractivity contribution in [3.05, 3.63) is 83.3 Å². The van der Waals surface area contributed by atoms with E-state index in [4.69, 9.17) is 14.3 Å². The fourth-order valence-corrected chi connectivity index (χ4v) is 4.49. The van der Waals surface area contributed by atoms with Crippen molar-refractivity contribution in [2.24, 2.45) is 5.92 Å². The molecule has 0 spiro atoms. The minimum Gasteiger partial charge on any atom is -0.457 e. The summed E-state index contributed by atoms with van der Waals surface area (Å²) in [5.74, 6) is -1.48. The summed E-state index contributed by atoms with van der Waals surface area (Å²) in [5, 5.41) is 9.17. The van der Waals surface area contributed by atoms with E-state index in [9.17, 15) is 14.4 Å². The largest absolute Gasteiger partial charge is 0.457 e. The van der Waals surface area contributed by atoms with Gasteiger partial charge in [-0.25, -0.2) is 9.69 Å². The number of imide groups is 1. The van der Waals surface area contributed by atoms with Crippen LogP contribution in [0.15, 0.2) is 65.1 Å². The van der Waals surface area contributed by atoms with Crippen LogP contribution in [0.25, 0.3) is 11.1 Å². The Morgan fingerprint density at radius 3 is 2.58 bits per heavy atom. The van der Waals surface area contributed by atoms with E-state index in [1.165, 1.54) is 6.92 Å². The highest BCUT2D eigenvalue weighted by Crippen LogP contribution is 2.31. The SMILES string of the molecule is Cc1cccc(-c2cc(C(=O)[C@H](C)C(=O)N3C(=O)OC[C@@H]3Cc3ccccc3)oc2CCCCO)c1. The van der Waals surface area contributed by atoms with Crippen molar-refractivity contribution in [1.29, 1.82) is 0 Å². The Labute approximate surface area is 210 Å². The van der Waals surface area contributed by atoms with E-state index in [1.54, 1.807) is 6.07 Å². The third-order valence-electron chi connectivity index (χ3n) is 6.47. The van der Waals surface area contributed by atoms with E-state index in [0.717, 1.165) is 27.2 Å². The van der Waals surface area contributed by atoms with Crippen LogP contribution in [0.1, 0.15) is 47.2 Å². The van der Waals surface area contributed by atoms with Gasteiger partial charge in [0.1, 0.15) is 18.3 Å². The highest BCUT2D eigenvalue weighted by Gasteiger charge is 2.42. The molecule has 2 atom stereocenters. The second-order valence-electron chi connectivity index (χ2n) is 9.21. The molecule has 0 saturated carbocycles. The lowest BCUT2D eigenvalue weighted by molar-refractivity contribution is -0.131. The van der Waals surface area contributed by atoms with Gasteiger partial charge in [-0.05, 0) is 50.3 Å². The van der Waals surface area contributed by atoms with Gasteiger partial charge in [0.25, 0.3) is 0 Å². The van der Waals surface area contributed by atoms with Crippen molar-refractivity contribution in [2.75, 3.05) is 13.2 Å². The van der Waals surface area contributed by atoms with E-state index in [2.05, 4.69) is 0 Å². The van der Waals surface area contributed by atoms with Crippen molar-refractivity contribution < 1.29 is 28.6 Å². The minimum absolute atomic E-state index is 0.0773. The normalized spacial score (nSPS) is 16.1. The van der Waals surface area contributed by atoms with Crippen LogP contribution in [-0.4, -0.2) is 47.0 Å². The maximum atomic E-state index is 13.4. The van der Waals surface area contributed by atoms with E-state index in [0.29, 0.717) is 31.4 Å². The molecule has 1 aromatic heterocycles. The number of unbranched alkanes of at least 4 members (excludes halogenated alkanes) is 1. The first-order chi connectivity index (χ1) is 17.4. The molecule has 2 amide bonds. The van der Waals surface area contributed by atoms with Crippen molar-refractivity contribution in [2.45, 2.75) is 45.6 Å². The number of cyclic esters (lactones) is 1. The summed E-state index contributed by atoms with van der Waals surface area (Å²) in [6, 6.07) is 18.6. The number of aryl methyl sites for hydroxylation is 2. The Balaban J connectivity index is 1.56. The molecule has 7 nitrogen and oxygen atoms in total. The molecule has 1 N–H and O–H groups in total. The number of benzene rings is 2. The number of hydrogen-bond donors (Lipinski definition) is 1. The summed E-state index contributed by atoms with van der Waals surface area (Å²) in [6.45, 7) is 3.65. The molecule has 1 fully saturated rings. The van der Waals surface area contributed by atoms with Gasteiger partial charge in [-0.3, -0.25) is 9.59 Å². The topological polar surface area (TPSA) is 97.1 Å². The molecule has 1 aliphatic rings. The van der Waals surface area contributed by atoms with Gasteiger partial charge in [0, 0.05) is 18.6 Å². The number of nitrogens with zero attached hydrogens (tertiary/aromatic N) is 1. The zero-order valence-electron chi connectivity index (χ0n) is 20.6. The number of ketones is 1. The van der Waals surface area contributed by atoms with Crippen molar-refractivity contribution in [3.8, 4) is 11.1 Å². The maximum Gasteiger partial charge on any atom is 0.417 e. The number of furan rings is 1. The van der Waals surface area contributed by atoms with E-state index >= 15 is 0 Å². The second kappa shape index (κ2) is 11.4. The van der Waals surface area contributed by atoms with Gasteiger partial charge < -0.3 is 14.3 Å². The van der Waals surface area contributed by atoms with Gasteiger partial charge >= 0.3 is 6.09 Å². The number of Topliss-reactive ketones (excluding diaryl/α,β-unsaturated/α-hetero) is 1. The Morgan fingerprint density at radius 2 is 1.86 bits per heavy atom. The lowest BCUT2D eigenvalue weighted by Gasteiger charge is -2.22. The summed E-state index contributed by atoms with van der Waals surface area (Å²) < 4.78 is 11.1. The fraction of sp³-hybridized carbons (Fsp3) is 0.345. The lowest BCUT2D eigenvalue weighted by Crippen LogP contribution is -2.44. The number of aliphatic hydroxyl groups excluding tert-OH is 1. The van der Waals surface area contributed by atoms with Gasteiger partial charge in [0.2, 0.25) is 11.7 Å². The molecule has 1 aliphatic heterocycles. The molecule has 2 aromatic carbocycles. The zero-order chi connectivity index (χ0) is 25.7. The van der Waals surface area contributed by atoms with Gasteiger partial charge in [0.05, 0.1) is 6.04 Å². The molecule has 7 heteroatoms. The Hall–Kier alpha value is -3.71. The number of hydrogen-bond acceptors (Lipinski definition) is 6. The van der Waals surface area contributed by atoms with Gasteiger partial charge in [-0.1, -0.05) is 60.2 Å². The third kappa shape index (κ3) is 5.57. The van der Waals surface area contributed by atoms with Crippen LogP contribution in [0.5, 0.6) is 0 Å². The van der Waals surface area contributed by atoms with Crippen LogP contribution in [0.4, 0.5) is 4.79 Å². The highest BCUT2D eigenvalue weighted by atomic mass is 16.6. The molecule has 0 unspecified atom stereocenters. The number of aliphatic hydroxyl groups is 1. The Bertz CT molecular complexity index is 1230. The maximum absolute atomic E-state index is 13.4. The number of rotatable bonds is 10. The number of ether oxygens (including phenoxy) is 1. The molecule has 3 aromatic rings. The third-order valence-corrected chi connectivity index (χ3v) is 6.47. The van der Waals surface area contributed by atoms with Crippen molar-refractivity contribution in [3.63, 3.8) is 0 Å². The fourth-order valence-electron chi connectivity index (χ4n) is 4.49. The summed E-state index contributed by atoms with van der Waals surface area (Å²) >= 11 is 0. The molecule has 0 radical (unpaired) electrons. The summed E-state index contributed by atoms with van der Waals surface area (Å²) in [6.07, 6.45) is 1.59. The minimum atomic E-state index is -1.12. The van der Waals surface area contributed by atoms with Crippen LogP contribution in [0.3, 0.4) is 0 Å². The van der Waals surface area contributed by atoms with Crippen LogP contribution in [-0.2, 0) is 22.4 Å². The molecule has 4 rings (SSSR count). The standard InChI is InChI=1S/C29H31NO6/c1-19-9-8-12-22(15-19)24-17-26(36-25(24)13-6-7-14-31)27(32)20(2)28(33)30-23(18-35-29(30)34)16-21-10-4-3-5-11-21/h3-5,8-12,15,17,20,23,31H,6-7,13-14,16,18H2,1-2H3/t20-,23-/m0/s1. The first-order valence-electron chi connectivity index (χ1n) is 12.3. The zero-order valence-corrected chi connectivity index (χ0v) is 20.6. The summed E-state index contributed by atoms with van der Waals surface area (Å²) in [5.41, 5.74) is 3.76.